The topological polar surface area (TPSA) is 67.2 Å². The molecule has 1 unspecified atom stereocenters. The van der Waals surface area contributed by atoms with Gasteiger partial charge in [-0.05, 0) is 28.5 Å². The fourth-order valence-corrected chi connectivity index (χ4v) is 2.97. The van der Waals surface area contributed by atoms with E-state index >= 15 is 0 Å². The summed E-state index contributed by atoms with van der Waals surface area (Å²) in [4.78, 5) is 12.6. The molecular weight excluding hydrogens is 310 g/mol. The van der Waals surface area contributed by atoms with Gasteiger partial charge in [-0.1, -0.05) is 76.2 Å². The number of nitrogens with one attached hydrogen (secondary N) is 2. The van der Waals surface area contributed by atoms with Crippen LogP contribution in [0.25, 0.3) is 0 Å². The van der Waals surface area contributed by atoms with Gasteiger partial charge in [0.2, 0.25) is 0 Å². The van der Waals surface area contributed by atoms with Gasteiger partial charge >= 0.3 is 6.03 Å². The maximum Gasteiger partial charge on any atom is 0.319 e. The molecule has 0 fully saturated rings. The van der Waals surface area contributed by atoms with Crippen LogP contribution < -0.4 is 16.4 Å². The number of rotatable bonds is 6. The second-order valence-corrected chi connectivity index (χ2v) is 6.92. The van der Waals surface area contributed by atoms with Gasteiger partial charge in [-0.15, -0.1) is 0 Å². The minimum Gasteiger partial charge on any atom is -0.330 e. The van der Waals surface area contributed by atoms with Crippen molar-refractivity contribution >= 4 is 11.7 Å². The molecule has 0 bridgehead atoms. The molecule has 2 rings (SSSR count). The lowest BCUT2D eigenvalue weighted by Gasteiger charge is -2.22. The van der Waals surface area contributed by atoms with Crippen LogP contribution in [0, 0.1) is 0 Å². The molecule has 1 atom stereocenters. The van der Waals surface area contributed by atoms with Crippen molar-refractivity contribution in [3.05, 3.63) is 65.2 Å². The highest BCUT2D eigenvalue weighted by atomic mass is 16.2. The van der Waals surface area contributed by atoms with Crippen molar-refractivity contribution in [2.24, 2.45) is 5.73 Å². The number of nitrogens with two attached hydrogens (primary N) is 1. The van der Waals surface area contributed by atoms with Crippen LogP contribution in [0.2, 0.25) is 0 Å². The van der Waals surface area contributed by atoms with Crippen LogP contribution in [0.4, 0.5) is 10.5 Å². The molecule has 134 valence electrons. The van der Waals surface area contributed by atoms with Crippen molar-refractivity contribution in [2.45, 2.75) is 45.6 Å². The standard InChI is InChI=1S/C21H29N3O/c1-14(2)17-11-8-12-18(15(3)4)20(17)24-21(25)23-19(13-22)16-9-6-5-7-10-16/h5-12,14-15,19H,13,22H2,1-4H3,(H2,23,24,25). The lowest BCUT2D eigenvalue weighted by atomic mass is 9.93. The van der Waals surface area contributed by atoms with E-state index in [9.17, 15) is 4.79 Å². The Morgan fingerprint density at radius 1 is 0.920 bits per heavy atom. The number of anilines is 1. The summed E-state index contributed by atoms with van der Waals surface area (Å²) in [6.45, 7) is 8.88. The fraction of sp³-hybridized carbons (Fsp3) is 0.381. The number of hydrogen-bond acceptors (Lipinski definition) is 2. The van der Waals surface area contributed by atoms with E-state index in [1.165, 1.54) is 0 Å². The quantitative estimate of drug-likeness (QED) is 0.710. The average molecular weight is 339 g/mol. The van der Waals surface area contributed by atoms with Gasteiger partial charge < -0.3 is 16.4 Å². The molecule has 0 aliphatic rings. The molecule has 2 aromatic carbocycles. The number of carbonyl (C=O) groups is 1. The van der Waals surface area contributed by atoms with Gasteiger partial charge in [-0.25, -0.2) is 4.79 Å². The van der Waals surface area contributed by atoms with Crippen LogP contribution in [0.3, 0.4) is 0 Å². The highest BCUT2D eigenvalue weighted by Crippen LogP contribution is 2.32. The first-order chi connectivity index (χ1) is 11.9. The summed E-state index contributed by atoms with van der Waals surface area (Å²) in [7, 11) is 0. The van der Waals surface area contributed by atoms with Crippen LogP contribution in [0.15, 0.2) is 48.5 Å². The molecule has 0 aromatic heterocycles. The van der Waals surface area contributed by atoms with Crippen molar-refractivity contribution in [3.63, 3.8) is 0 Å². The molecule has 0 saturated heterocycles. The number of benzene rings is 2. The number of carbonyl (C=O) groups excluding carboxylic acids is 1. The van der Waals surface area contributed by atoms with E-state index in [2.05, 4.69) is 56.5 Å². The van der Waals surface area contributed by atoms with Crippen molar-refractivity contribution in [3.8, 4) is 0 Å². The Morgan fingerprint density at radius 2 is 1.48 bits per heavy atom. The maximum absolute atomic E-state index is 12.6. The van der Waals surface area contributed by atoms with Crippen molar-refractivity contribution in [2.75, 3.05) is 11.9 Å². The lowest BCUT2D eigenvalue weighted by molar-refractivity contribution is 0.248. The third-order valence-corrected chi connectivity index (χ3v) is 4.35. The van der Waals surface area contributed by atoms with Crippen LogP contribution in [-0.4, -0.2) is 12.6 Å². The zero-order chi connectivity index (χ0) is 18.4. The third kappa shape index (κ3) is 4.83. The van der Waals surface area contributed by atoms with Crippen LogP contribution in [-0.2, 0) is 0 Å². The second-order valence-electron chi connectivity index (χ2n) is 6.92. The predicted octanol–water partition coefficient (Wildman–Crippen LogP) is 4.75. The summed E-state index contributed by atoms with van der Waals surface area (Å²) in [5.74, 6) is 0.654. The molecule has 2 aromatic rings. The molecule has 0 aliphatic carbocycles. The molecule has 4 N–H and O–H groups in total. The number of urea groups is 1. The van der Waals surface area contributed by atoms with Crippen molar-refractivity contribution in [1.82, 2.24) is 5.32 Å². The van der Waals surface area contributed by atoms with E-state index < -0.39 is 0 Å². The van der Waals surface area contributed by atoms with Crippen molar-refractivity contribution in [1.29, 1.82) is 0 Å². The summed E-state index contributed by atoms with van der Waals surface area (Å²) in [6.07, 6.45) is 0. The SMILES string of the molecule is CC(C)c1cccc(C(C)C)c1NC(=O)NC(CN)c1ccccc1. The van der Waals surface area contributed by atoms with E-state index in [1.54, 1.807) is 0 Å². The molecule has 0 spiro atoms. The minimum absolute atomic E-state index is 0.213. The number of para-hydroxylation sites is 1. The molecule has 4 nitrogen and oxygen atoms in total. The minimum atomic E-state index is -0.227. The summed E-state index contributed by atoms with van der Waals surface area (Å²) in [5, 5.41) is 6.06. The Bertz CT molecular complexity index is 669. The van der Waals surface area contributed by atoms with E-state index in [-0.39, 0.29) is 12.1 Å². The van der Waals surface area contributed by atoms with E-state index in [0.29, 0.717) is 18.4 Å². The van der Waals surface area contributed by atoms with Gasteiger partial charge in [0.15, 0.2) is 0 Å². The van der Waals surface area contributed by atoms with Crippen LogP contribution in [0.1, 0.15) is 62.3 Å². The fourth-order valence-electron chi connectivity index (χ4n) is 2.97. The summed E-state index contributed by atoms with van der Waals surface area (Å²) < 4.78 is 0. The Hall–Kier alpha value is -2.33. The molecule has 0 radical (unpaired) electrons. The Kier molecular flexibility index (Phi) is 6.59. The zero-order valence-electron chi connectivity index (χ0n) is 15.5. The van der Waals surface area contributed by atoms with E-state index in [4.69, 9.17) is 5.73 Å². The first-order valence-corrected chi connectivity index (χ1v) is 8.89. The van der Waals surface area contributed by atoms with Gasteiger partial charge in [-0.3, -0.25) is 0 Å². The second kappa shape index (κ2) is 8.67. The smallest absolute Gasteiger partial charge is 0.319 e. The molecule has 4 heteroatoms. The largest absolute Gasteiger partial charge is 0.330 e. The Balaban J connectivity index is 2.22. The van der Waals surface area contributed by atoms with Crippen molar-refractivity contribution < 1.29 is 4.79 Å². The third-order valence-electron chi connectivity index (χ3n) is 4.35. The molecular formula is C21H29N3O. The Morgan fingerprint density at radius 3 is 1.96 bits per heavy atom. The molecule has 2 amide bonds. The van der Waals surface area contributed by atoms with Gasteiger partial charge in [0.25, 0.3) is 0 Å². The van der Waals surface area contributed by atoms with Gasteiger partial charge in [0, 0.05) is 12.2 Å². The van der Waals surface area contributed by atoms with Gasteiger partial charge in [-0.2, -0.15) is 0 Å². The zero-order valence-corrected chi connectivity index (χ0v) is 15.5. The average Bonchev–Trinajstić information content (AvgIpc) is 2.60. The summed E-state index contributed by atoms with van der Waals surface area (Å²) in [6, 6.07) is 15.5. The van der Waals surface area contributed by atoms with E-state index in [0.717, 1.165) is 22.4 Å². The van der Waals surface area contributed by atoms with E-state index in [1.807, 2.05) is 30.3 Å². The van der Waals surface area contributed by atoms with Gasteiger partial charge in [0.05, 0.1) is 6.04 Å². The van der Waals surface area contributed by atoms with Crippen LogP contribution in [0.5, 0.6) is 0 Å². The number of amides is 2. The molecule has 25 heavy (non-hydrogen) atoms. The first-order valence-electron chi connectivity index (χ1n) is 8.89. The summed E-state index contributed by atoms with van der Waals surface area (Å²) in [5.41, 5.74) is 10.1. The molecule has 0 saturated carbocycles. The lowest BCUT2D eigenvalue weighted by Crippen LogP contribution is -2.36. The molecule has 0 aliphatic heterocycles. The maximum atomic E-state index is 12.6. The number of hydrogen-bond donors (Lipinski definition) is 3. The normalized spacial score (nSPS) is 12.3. The predicted molar refractivity (Wildman–Crippen MR) is 105 cm³/mol. The molecule has 0 heterocycles. The highest BCUT2D eigenvalue weighted by molar-refractivity contribution is 5.91. The first kappa shape index (κ1) is 19.0. The highest BCUT2D eigenvalue weighted by Gasteiger charge is 2.18. The monoisotopic (exact) mass is 339 g/mol. The Labute approximate surface area is 150 Å². The van der Waals surface area contributed by atoms with Crippen LogP contribution >= 0.6 is 0 Å². The van der Waals surface area contributed by atoms with Gasteiger partial charge in [0.1, 0.15) is 0 Å². The summed E-state index contributed by atoms with van der Waals surface area (Å²) >= 11 is 0.